The third kappa shape index (κ3) is 4.52. The summed E-state index contributed by atoms with van der Waals surface area (Å²) in [7, 11) is 0. The average Bonchev–Trinajstić information content (AvgIpc) is 3.19. The van der Waals surface area contributed by atoms with E-state index in [1.54, 1.807) is 0 Å². The molecule has 0 atom stereocenters. The Kier molecular flexibility index (Phi) is 5.56. The zero-order valence-corrected chi connectivity index (χ0v) is 15.0. The molecule has 1 saturated heterocycles. The fraction of sp³-hybridized carbons (Fsp3) is 0.273. The molecule has 0 radical (unpaired) electrons. The number of nitrogens with one attached hydrogen (secondary N) is 1. The summed E-state index contributed by atoms with van der Waals surface area (Å²) in [6.07, 6.45) is 6.94. The smallest absolute Gasteiger partial charge is 0.0475 e. The molecule has 2 aliphatic heterocycles. The van der Waals surface area contributed by atoms with Gasteiger partial charge in [-0.25, -0.2) is 0 Å². The van der Waals surface area contributed by atoms with Crippen LogP contribution in [0.3, 0.4) is 0 Å². The highest BCUT2D eigenvalue weighted by Gasteiger charge is 2.15. The second-order valence-corrected chi connectivity index (χ2v) is 6.68. The van der Waals surface area contributed by atoms with E-state index in [9.17, 15) is 0 Å². The molecule has 25 heavy (non-hydrogen) atoms. The third-order valence-corrected chi connectivity index (χ3v) is 4.60. The molecule has 2 aromatic rings. The normalized spacial score (nSPS) is 15.6. The minimum absolute atomic E-state index is 0.785. The van der Waals surface area contributed by atoms with Crippen LogP contribution in [0.2, 0.25) is 0 Å². The second kappa shape index (κ2) is 8.04. The van der Waals surface area contributed by atoms with Crippen LogP contribution >= 0.6 is 0 Å². The Labute approximate surface area is 150 Å². The van der Waals surface area contributed by atoms with Gasteiger partial charge in [-0.05, 0) is 62.2 Å². The summed E-state index contributed by atoms with van der Waals surface area (Å²) in [6.45, 7) is 9.65. The van der Waals surface area contributed by atoms with Crippen LogP contribution < -0.4 is 11.1 Å². The van der Waals surface area contributed by atoms with Crippen LogP contribution in [0.25, 0.3) is 11.8 Å². The Morgan fingerprint density at radius 2 is 1.80 bits per heavy atom. The van der Waals surface area contributed by atoms with Gasteiger partial charge in [0.1, 0.15) is 0 Å². The zero-order valence-electron chi connectivity index (χ0n) is 15.0. The lowest BCUT2D eigenvalue weighted by atomic mass is 10.00. The number of hydrogen-bond acceptors (Lipinski definition) is 3. The predicted octanol–water partition coefficient (Wildman–Crippen LogP) is 4.40. The lowest BCUT2D eigenvalue weighted by Gasteiger charge is -2.28. The molecule has 0 amide bonds. The fourth-order valence-electron chi connectivity index (χ4n) is 3.06. The number of rotatable bonds is 2. The zero-order chi connectivity index (χ0) is 17.6. The summed E-state index contributed by atoms with van der Waals surface area (Å²) in [4.78, 5) is 2.17. The van der Waals surface area contributed by atoms with Crippen molar-refractivity contribution in [2.24, 2.45) is 0 Å². The van der Waals surface area contributed by atoms with E-state index in [-0.39, 0.29) is 0 Å². The summed E-state index contributed by atoms with van der Waals surface area (Å²) >= 11 is 0. The maximum atomic E-state index is 5.82. The number of nitrogen functional groups attached to an aromatic ring is 1. The fourth-order valence-corrected chi connectivity index (χ4v) is 3.06. The van der Waals surface area contributed by atoms with Gasteiger partial charge in [0.05, 0.1) is 0 Å². The topological polar surface area (TPSA) is 41.3 Å². The third-order valence-electron chi connectivity index (χ3n) is 4.60. The van der Waals surface area contributed by atoms with Crippen molar-refractivity contribution >= 4 is 17.5 Å². The van der Waals surface area contributed by atoms with Gasteiger partial charge in [0, 0.05) is 29.7 Å². The first kappa shape index (κ1) is 17.3. The Balaban J connectivity index is 0.000000314. The molecular weight excluding hydrogens is 306 g/mol. The van der Waals surface area contributed by atoms with E-state index in [0.717, 1.165) is 29.1 Å². The van der Waals surface area contributed by atoms with E-state index in [1.165, 1.54) is 37.1 Å². The van der Waals surface area contributed by atoms with E-state index < -0.39 is 0 Å². The first-order chi connectivity index (χ1) is 12.1. The highest BCUT2D eigenvalue weighted by molar-refractivity contribution is 5.78. The summed E-state index contributed by atoms with van der Waals surface area (Å²) in [6, 6.07) is 14.6. The van der Waals surface area contributed by atoms with Crippen LogP contribution in [0.5, 0.6) is 0 Å². The highest BCUT2D eigenvalue weighted by atomic mass is 15.1. The average molecular weight is 333 g/mol. The van der Waals surface area contributed by atoms with Gasteiger partial charge in [-0.15, -0.1) is 0 Å². The monoisotopic (exact) mass is 333 g/mol. The van der Waals surface area contributed by atoms with Gasteiger partial charge in [0.15, 0.2) is 0 Å². The SMILES string of the molecule is C1CCNC1.C=C1c2ccc(N)cc2C=CN1Cc1ccc(C)cc1. The van der Waals surface area contributed by atoms with E-state index in [4.69, 9.17) is 5.73 Å². The second-order valence-electron chi connectivity index (χ2n) is 6.68. The molecule has 0 saturated carbocycles. The van der Waals surface area contributed by atoms with Gasteiger partial charge in [-0.3, -0.25) is 0 Å². The van der Waals surface area contributed by atoms with Gasteiger partial charge < -0.3 is 16.0 Å². The number of nitrogens with zero attached hydrogens (tertiary/aromatic N) is 1. The molecule has 2 heterocycles. The van der Waals surface area contributed by atoms with Crippen molar-refractivity contribution in [3.63, 3.8) is 0 Å². The van der Waals surface area contributed by atoms with E-state index in [0.29, 0.717) is 0 Å². The van der Waals surface area contributed by atoms with E-state index >= 15 is 0 Å². The van der Waals surface area contributed by atoms with Crippen LogP contribution in [0, 0.1) is 6.92 Å². The number of nitrogens with two attached hydrogens (primary N) is 1. The van der Waals surface area contributed by atoms with Crippen molar-refractivity contribution in [3.05, 3.63) is 77.5 Å². The Bertz CT molecular complexity index is 748. The minimum atomic E-state index is 0.785. The number of benzene rings is 2. The van der Waals surface area contributed by atoms with Crippen molar-refractivity contribution in [1.82, 2.24) is 10.2 Å². The van der Waals surface area contributed by atoms with E-state index in [2.05, 4.69) is 60.3 Å². The minimum Gasteiger partial charge on any atom is -0.399 e. The number of anilines is 1. The Hall–Kier alpha value is -2.52. The summed E-state index contributed by atoms with van der Waals surface area (Å²) in [5.41, 5.74) is 12.5. The summed E-state index contributed by atoms with van der Waals surface area (Å²) in [5.74, 6) is 0. The van der Waals surface area contributed by atoms with Crippen LogP contribution in [0.15, 0.2) is 55.2 Å². The van der Waals surface area contributed by atoms with Crippen LogP contribution in [0.4, 0.5) is 5.69 Å². The molecular formula is C22H27N3. The Morgan fingerprint density at radius 1 is 1.08 bits per heavy atom. The van der Waals surface area contributed by atoms with Gasteiger partial charge in [0.2, 0.25) is 0 Å². The van der Waals surface area contributed by atoms with Crippen LogP contribution in [0.1, 0.15) is 35.1 Å². The quantitative estimate of drug-likeness (QED) is 0.800. The molecule has 130 valence electrons. The van der Waals surface area contributed by atoms with Gasteiger partial charge in [-0.1, -0.05) is 42.5 Å². The summed E-state index contributed by atoms with van der Waals surface area (Å²) < 4.78 is 0. The Morgan fingerprint density at radius 3 is 2.44 bits per heavy atom. The highest BCUT2D eigenvalue weighted by Crippen LogP contribution is 2.30. The van der Waals surface area contributed by atoms with Crippen molar-refractivity contribution < 1.29 is 0 Å². The molecule has 0 spiro atoms. The molecule has 0 aliphatic carbocycles. The van der Waals surface area contributed by atoms with Gasteiger partial charge >= 0.3 is 0 Å². The van der Waals surface area contributed by atoms with Crippen molar-refractivity contribution in [3.8, 4) is 0 Å². The first-order valence-corrected chi connectivity index (χ1v) is 8.93. The van der Waals surface area contributed by atoms with Gasteiger partial charge in [0.25, 0.3) is 0 Å². The molecule has 2 aliphatic rings. The van der Waals surface area contributed by atoms with Crippen LogP contribution in [-0.2, 0) is 6.54 Å². The molecule has 0 bridgehead atoms. The molecule has 3 heteroatoms. The molecule has 0 aromatic heterocycles. The maximum Gasteiger partial charge on any atom is 0.0475 e. The van der Waals surface area contributed by atoms with Crippen LogP contribution in [-0.4, -0.2) is 18.0 Å². The molecule has 3 N–H and O–H groups in total. The number of hydrogen-bond donors (Lipinski definition) is 2. The largest absolute Gasteiger partial charge is 0.399 e. The summed E-state index contributed by atoms with van der Waals surface area (Å²) in [5, 5.41) is 3.22. The molecule has 3 nitrogen and oxygen atoms in total. The number of fused-ring (bicyclic) bond motifs is 1. The number of aryl methyl sites for hydroxylation is 1. The molecule has 1 fully saturated rings. The van der Waals surface area contributed by atoms with Gasteiger partial charge in [-0.2, -0.15) is 0 Å². The van der Waals surface area contributed by atoms with Crippen molar-refractivity contribution in [2.75, 3.05) is 18.8 Å². The van der Waals surface area contributed by atoms with Crippen molar-refractivity contribution in [2.45, 2.75) is 26.3 Å². The molecule has 4 rings (SSSR count). The lowest BCUT2D eigenvalue weighted by molar-refractivity contribution is 0.527. The van der Waals surface area contributed by atoms with E-state index in [1.807, 2.05) is 18.2 Å². The molecule has 0 unspecified atom stereocenters. The standard InChI is InChI=1S/C18H18N2.C4H9N/c1-13-3-5-15(6-4-13)12-20-10-9-16-11-17(19)7-8-18(16)14(20)2;1-2-4-5-3-1/h3-11H,2,12,19H2,1H3;5H,1-4H2. The predicted molar refractivity (Wildman–Crippen MR) is 108 cm³/mol. The van der Waals surface area contributed by atoms with Crippen molar-refractivity contribution in [1.29, 1.82) is 0 Å². The lowest BCUT2D eigenvalue weighted by Crippen LogP contribution is -2.18. The maximum absolute atomic E-state index is 5.82. The molecule has 2 aromatic carbocycles. The first-order valence-electron chi connectivity index (χ1n) is 8.93.